The number of benzene rings is 1. The quantitative estimate of drug-likeness (QED) is 0.933. The SMILES string of the molecule is Cc1sc(CNC(=O)C2CC2)nc1-c1ccc(Cl)cc1. The van der Waals surface area contributed by atoms with E-state index in [1.54, 1.807) is 11.3 Å². The number of aryl methyl sites for hydroxylation is 1. The van der Waals surface area contributed by atoms with Crippen molar-refractivity contribution in [2.24, 2.45) is 5.92 Å². The van der Waals surface area contributed by atoms with Crippen LogP contribution in [0.1, 0.15) is 22.7 Å². The van der Waals surface area contributed by atoms with E-state index in [0.717, 1.165) is 39.0 Å². The summed E-state index contributed by atoms with van der Waals surface area (Å²) in [7, 11) is 0. The zero-order valence-corrected chi connectivity index (χ0v) is 12.7. The van der Waals surface area contributed by atoms with Gasteiger partial charge in [0, 0.05) is 21.4 Å². The molecule has 2 aromatic rings. The first-order chi connectivity index (χ1) is 9.63. The van der Waals surface area contributed by atoms with E-state index >= 15 is 0 Å². The summed E-state index contributed by atoms with van der Waals surface area (Å²) in [4.78, 5) is 17.4. The second kappa shape index (κ2) is 5.54. The fourth-order valence-electron chi connectivity index (χ4n) is 2.06. The van der Waals surface area contributed by atoms with Gasteiger partial charge in [0.05, 0.1) is 12.2 Å². The van der Waals surface area contributed by atoms with E-state index in [0.29, 0.717) is 6.54 Å². The molecule has 0 spiro atoms. The molecule has 1 aliphatic carbocycles. The maximum atomic E-state index is 11.6. The van der Waals surface area contributed by atoms with Gasteiger partial charge in [-0.05, 0) is 31.9 Å². The van der Waals surface area contributed by atoms with Crippen LogP contribution in [0, 0.1) is 12.8 Å². The molecule has 1 heterocycles. The van der Waals surface area contributed by atoms with Crippen LogP contribution in [-0.2, 0) is 11.3 Å². The molecule has 1 amide bonds. The summed E-state index contributed by atoms with van der Waals surface area (Å²) in [6, 6.07) is 7.67. The van der Waals surface area contributed by atoms with Gasteiger partial charge in [-0.2, -0.15) is 0 Å². The Labute approximate surface area is 127 Å². The van der Waals surface area contributed by atoms with Gasteiger partial charge < -0.3 is 5.32 Å². The summed E-state index contributed by atoms with van der Waals surface area (Å²) in [5.74, 6) is 0.401. The molecule has 104 valence electrons. The lowest BCUT2D eigenvalue weighted by molar-refractivity contribution is -0.122. The largest absolute Gasteiger partial charge is 0.349 e. The number of hydrogen-bond donors (Lipinski definition) is 1. The van der Waals surface area contributed by atoms with E-state index in [1.807, 2.05) is 31.2 Å². The van der Waals surface area contributed by atoms with Gasteiger partial charge in [0.2, 0.25) is 5.91 Å². The molecule has 0 unspecified atom stereocenters. The van der Waals surface area contributed by atoms with Crippen molar-refractivity contribution in [1.29, 1.82) is 0 Å². The molecule has 20 heavy (non-hydrogen) atoms. The molecule has 0 bridgehead atoms. The Morgan fingerprint density at radius 2 is 2.10 bits per heavy atom. The van der Waals surface area contributed by atoms with Crippen molar-refractivity contribution >= 4 is 28.8 Å². The first kappa shape index (κ1) is 13.6. The lowest BCUT2D eigenvalue weighted by Gasteiger charge is -2.00. The van der Waals surface area contributed by atoms with Crippen LogP contribution in [0.5, 0.6) is 0 Å². The highest BCUT2D eigenvalue weighted by Crippen LogP contribution is 2.30. The second-order valence-corrected chi connectivity index (χ2v) is 6.74. The number of nitrogens with one attached hydrogen (secondary N) is 1. The van der Waals surface area contributed by atoms with Crippen LogP contribution in [0.4, 0.5) is 0 Å². The fourth-order valence-corrected chi connectivity index (χ4v) is 3.08. The fraction of sp³-hybridized carbons (Fsp3) is 0.333. The Morgan fingerprint density at radius 1 is 1.40 bits per heavy atom. The smallest absolute Gasteiger partial charge is 0.223 e. The van der Waals surface area contributed by atoms with Crippen molar-refractivity contribution in [2.45, 2.75) is 26.3 Å². The van der Waals surface area contributed by atoms with Gasteiger partial charge in [-0.1, -0.05) is 23.7 Å². The summed E-state index contributed by atoms with van der Waals surface area (Å²) in [6.45, 7) is 2.57. The topological polar surface area (TPSA) is 42.0 Å². The Hall–Kier alpha value is -1.39. The number of amides is 1. The van der Waals surface area contributed by atoms with Crippen LogP contribution < -0.4 is 5.32 Å². The molecule has 1 aromatic heterocycles. The highest BCUT2D eigenvalue weighted by atomic mass is 35.5. The van der Waals surface area contributed by atoms with Crippen molar-refractivity contribution in [3.05, 3.63) is 39.2 Å². The standard InChI is InChI=1S/C15H15ClN2OS/c1-9-14(10-4-6-12(16)7-5-10)18-13(20-9)8-17-15(19)11-2-3-11/h4-7,11H,2-3,8H2,1H3,(H,17,19). The molecule has 1 aromatic carbocycles. The Bertz CT molecular complexity index is 632. The first-order valence-corrected chi connectivity index (χ1v) is 7.83. The monoisotopic (exact) mass is 306 g/mol. The predicted molar refractivity (Wildman–Crippen MR) is 81.9 cm³/mol. The van der Waals surface area contributed by atoms with Crippen LogP contribution in [-0.4, -0.2) is 10.9 Å². The van der Waals surface area contributed by atoms with Gasteiger partial charge in [-0.25, -0.2) is 4.98 Å². The molecular formula is C15H15ClN2OS. The third kappa shape index (κ3) is 3.02. The van der Waals surface area contributed by atoms with Gasteiger partial charge in [0.1, 0.15) is 5.01 Å². The average molecular weight is 307 g/mol. The minimum Gasteiger partial charge on any atom is -0.349 e. The minimum atomic E-state index is 0.158. The van der Waals surface area contributed by atoms with Crippen molar-refractivity contribution < 1.29 is 4.79 Å². The van der Waals surface area contributed by atoms with Crippen molar-refractivity contribution in [3.8, 4) is 11.3 Å². The zero-order valence-electron chi connectivity index (χ0n) is 11.1. The number of carbonyl (C=O) groups excluding carboxylic acids is 1. The minimum absolute atomic E-state index is 0.158. The molecule has 1 N–H and O–H groups in total. The number of thiazole rings is 1. The molecule has 1 saturated carbocycles. The van der Waals surface area contributed by atoms with Gasteiger partial charge in [0.15, 0.2) is 0 Å². The molecule has 1 fully saturated rings. The number of hydrogen-bond acceptors (Lipinski definition) is 3. The van der Waals surface area contributed by atoms with Crippen LogP contribution in [0.25, 0.3) is 11.3 Å². The van der Waals surface area contributed by atoms with E-state index in [1.165, 1.54) is 0 Å². The number of rotatable bonds is 4. The average Bonchev–Trinajstić information content (AvgIpc) is 3.21. The summed E-state index contributed by atoms with van der Waals surface area (Å²) in [6.07, 6.45) is 2.05. The van der Waals surface area contributed by atoms with Gasteiger partial charge in [-0.3, -0.25) is 4.79 Å². The number of halogens is 1. The van der Waals surface area contributed by atoms with Crippen LogP contribution in [0.3, 0.4) is 0 Å². The Morgan fingerprint density at radius 3 is 2.75 bits per heavy atom. The molecule has 3 nitrogen and oxygen atoms in total. The maximum Gasteiger partial charge on any atom is 0.223 e. The molecule has 0 atom stereocenters. The van der Waals surface area contributed by atoms with Crippen molar-refractivity contribution in [2.75, 3.05) is 0 Å². The van der Waals surface area contributed by atoms with Crippen molar-refractivity contribution in [1.82, 2.24) is 10.3 Å². The third-order valence-electron chi connectivity index (χ3n) is 3.32. The third-order valence-corrected chi connectivity index (χ3v) is 4.54. The van der Waals surface area contributed by atoms with E-state index < -0.39 is 0 Å². The van der Waals surface area contributed by atoms with Gasteiger partial charge >= 0.3 is 0 Å². The normalized spacial score (nSPS) is 14.3. The van der Waals surface area contributed by atoms with Gasteiger partial charge in [0.25, 0.3) is 0 Å². The van der Waals surface area contributed by atoms with E-state index in [9.17, 15) is 4.79 Å². The predicted octanol–water partition coefficient (Wildman–Crippen LogP) is 3.80. The van der Waals surface area contributed by atoms with E-state index in [4.69, 9.17) is 11.6 Å². The molecule has 3 rings (SSSR count). The lowest BCUT2D eigenvalue weighted by Crippen LogP contribution is -2.23. The van der Waals surface area contributed by atoms with Crippen LogP contribution in [0.2, 0.25) is 5.02 Å². The first-order valence-electron chi connectivity index (χ1n) is 6.63. The van der Waals surface area contributed by atoms with Crippen molar-refractivity contribution in [3.63, 3.8) is 0 Å². The Balaban J connectivity index is 1.73. The number of aromatic nitrogens is 1. The highest BCUT2D eigenvalue weighted by Gasteiger charge is 2.29. The summed E-state index contributed by atoms with van der Waals surface area (Å²) in [5, 5.41) is 4.62. The molecular weight excluding hydrogens is 292 g/mol. The Kier molecular flexibility index (Phi) is 3.76. The summed E-state index contributed by atoms with van der Waals surface area (Å²) < 4.78 is 0. The number of carbonyl (C=O) groups is 1. The zero-order chi connectivity index (χ0) is 14.1. The van der Waals surface area contributed by atoms with E-state index in [2.05, 4.69) is 10.3 Å². The number of nitrogens with zero attached hydrogens (tertiary/aromatic N) is 1. The second-order valence-electron chi connectivity index (χ2n) is 5.01. The maximum absolute atomic E-state index is 11.6. The molecule has 5 heteroatoms. The molecule has 0 saturated heterocycles. The van der Waals surface area contributed by atoms with Gasteiger partial charge in [-0.15, -0.1) is 11.3 Å². The van der Waals surface area contributed by atoms with Crippen LogP contribution in [0.15, 0.2) is 24.3 Å². The van der Waals surface area contributed by atoms with E-state index in [-0.39, 0.29) is 11.8 Å². The molecule has 1 aliphatic rings. The van der Waals surface area contributed by atoms with Crippen LogP contribution >= 0.6 is 22.9 Å². The summed E-state index contributed by atoms with van der Waals surface area (Å²) in [5.41, 5.74) is 2.03. The summed E-state index contributed by atoms with van der Waals surface area (Å²) >= 11 is 7.53. The molecule has 0 radical (unpaired) electrons. The molecule has 0 aliphatic heterocycles. The lowest BCUT2D eigenvalue weighted by atomic mass is 10.1. The highest BCUT2D eigenvalue weighted by molar-refractivity contribution is 7.12.